The van der Waals surface area contributed by atoms with Crippen LogP contribution in [0.15, 0.2) is 11.1 Å². The van der Waals surface area contributed by atoms with E-state index in [2.05, 4.69) is 0 Å². The fourth-order valence-electron chi connectivity index (χ4n) is 7.51. The van der Waals surface area contributed by atoms with Gasteiger partial charge in [0.1, 0.15) is 11.7 Å². The maximum atomic E-state index is 14.2. The van der Waals surface area contributed by atoms with Crippen LogP contribution in [0.3, 0.4) is 0 Å². The van der Waals surface area contributed by atoms with Crippen molar-refractivity contribution in [1.29, 1.82) is 0 Å². The zero-order valence-electron chi connectivity index (χ0n) is 19.6. The fourth-order valence-corrected chi connectivity index (χ4v) is 7.51. The molecule has 1 saturated heterocycles. The number of rotatable bonds is 2. The number of Topliss-reactive ketones (excluding diaryl/α,β-unsaturated/α-hetero) is 1. The number of methoxy groups -OCH3 is 2. The van der Waals surface area contributed by atoms with E-state index in [0.717, 1.165) is 0 Å². The number of hydrogen-bond acceptors (Lipinski definition) is 7. The molecule has 1 heterocycles. The summed E-state index contributed by atoms with van der Waals surface area (Å²) in [6.45, 7) is 9.47. The van der Waals surface area contributed by atoms with Gasteiger partial charge in [-0.25, -0.2) is 0 Å². The fraction of sp³-hybridized carbons (Fsp3) is 0.870. The summed E-state index contributed by atoms with van der Waals surface area (Å²) in [5.74, 6) is -1.30. The zero-order valence-corrected chi connectivity index (χ0v) is 24.4. The van der Waals surface area contributed by atoms with Crippen LogP contribution in [-0.2, 0) is 19.0 Å². The van der Waals surface area contributed by atoms with Gasteiger partial charge in [0.15, 0.2) is 5.78 Å². The van der Waals surface area contributed by atoms with E-state index >= 15 is 0 Å². The van der Waals surface area contributed by atoms with Gasteiger partial charge in [0.2, 0.25) is 0 Å². The third-order valence-electron chi connectivity index (χ3n) is 9.34. The number of aliphatic hydroxyl groups is 3. The van der Waals surface area contributed by atoms with Crippen molar-refractivity contribution in [2.45, 2.75) is 83.1 Å². The molecule has 2 bridgehead atoms. The molecule has 4 rings (SSSR count). The number of ether oxygens (including phenoxy) is 3. The molecular formula is C23H36AcO7. The van der Waals surface area contributed by atoms with Crippen LogP contribution in [0.4, 0.5) is 0 Å². The Bertz CT molecular complexity index is 797. The van der Waals surface area contributed by atoms with Gasteiger partial charge in [-0.1, -0.05) is 20.8 Å². The normalized spacial score (nSPS) is 51.0. The molecule has 0 aromatic carbocycles. The SMILES string of the molecule is COC1C(=O)C2(C)C(OC)CC3OCC3(O)C2C(C)C2(O)CC(O)C(C)=C1C2(C)C.[Ac]. The quantitative estimate of drug-likeness (QED) is 0.386. The van der Waals surface area contributed by atoms with Gasteiger partial charge in [-0.2, -0.15) is 0 Å². The number of ketones is 1. The molecule has 2 saturated carbocycles. The summed E-state index contributed by atoms with van der Waals surface area (Å²) in [5.41, 5.74) is -3.24. The minimum atomic E-state index is -1.36. The van der Waals surface area contributed by atoms with Crippen LogP contribution in [0.25, 0.3) is 0 Å². The second-order valence-electron chi connectivity index (χ2n) is 10.6. The first-order valence-corrected chi connectivity index (χ1v) is 10.9. The summed E-state index contributed by atoms with van der Waals surface area (Å²) in [7, 11) is 3.05. The smallest absolute Gasteiger partial charge is 0.174 e. The zero-order chi connectivity index (χ0) is 22.4. The molecule has 9 unspecified atom stereocenters. The molecule has 3 N–H and O–H groups in total. The monoisotopic (exact) mass is 651 g/mol. The number of hydrogen-bond donors (Lipinski definition) is 3. The van der Waals surface area contributed by atoms with Crippen molar-refractivity contribution in [3.8, 4) is 0 Å². The van der Waals surface area contributed by atoms with Crippen molar-refractivity contribution in [2.24, 2.45) is 22.7 Å². The van der Waals surface area contributed by atoms with Crippen LogP contribution in [-0.4, -0.2) is 77.5 Å². The van der Waals surface area contributed by atoms with Crippen LogP contribution >= 0.6 is 0 Å². The molecule has 7 nitrogen and oxygen atoms in total. The topological polar surface area (TPSA) is 105 Å². The number of carbonyl (C=O) groups excluding carboxylic acids is 1. The van der Waals surface area contributed by atoms with E-state index < -0.39 is 58.3 Å². The van der Waals surface area contributed by atoms with Gasteiger partial charge in [-0.15, -0.1) is 0 Å². The maximum Gasteiger partial charge on any atom is 0.174 e. The summed E-state index contributed by atoms with van der Waals surface area (Å²) in [4.78, 5) is 14.2. The first-order valence-electron chi connectivity index (χ1n) is 10.9. The second kappa shape index (κ2) is 8.09. The second-order valence-corrected chi connectivity index (χ2v) is 10.6. The third kappa shape index (κ3) is 3.05. The summed E-state index contributed by atoms with van der Waals surface area (Å²) in [5, 5.41) is 34.8. The molecule has 8 heteroatoms. The van der Waals surface area contributed by atoms with E-state index in [0.29, 0.717) is 17.6 Å². The van der Waals surface area contributed by atoms with E-state index in [4.69, 9.17) is 14.2 Å². The molecule has 4 aliphatic rings. The number of carbonyl (C=O) groups is 1. The molecule has 0 spiro atoms. The minimum absolute atomic E-state index is 0. The van der Waals surface area contributed by atoms with Crippen LogP contribution in [0.5, 0.6) is 0 Å². The maximum absolute atomic E-state index is 14.2. The summed E-state index contributed by atoms with van der Waals surface area (Å²) < 4.78 is 17.3. The van der Waals surface area contributed by atoms with Crippen LogP contribution in [0.2, 0.25) is 0 Å². The standard InChI is InChI=1S/C23H36O7.Ac/c1-11-13(24)9-23(27)12(2)18-21(5,14(28-6)8-15-22(18,26)10-30-15)19(25)17(29-7)16(11)20(23,3)4;/h12-15,17-18,24,26-27H,8-10H2,1-7H3;. The van der Waals surface area contributed by atoms with E-state index in [1.807, 2.05) is 34.6 Å². The van der Waals surface area contributed by atoms with Crippen molar-refractivity contribution in [3.63, 3.8) is 0 Å². The Morgan fingerprint density at radius 1 is 1.13 bits per heavy atom. The molecule has 173 valence electrons. The van der Waals surface area contributed by atoms with Gasteiger partial charge < -0.3 is 29.5 Å². The Kier molecular flexibility index (Phi) is 6.84. The van der Waals surface area contributed by atoms with Gasteiger partial charge >= 0.3 is 0 Å². The van der Waals surface area contributed by atoms with Crippen LogP contribution in [0.1, 0.15) is 47.5 Å². The number of fused-ring (bicyclic) bond motifs is 5. The van der Waals surface area contributed by atoms with Crippen molar-refractivity contribution in [3.05, 3.63) is 11.1 Å². The Morgan fingerprint density at radius 2 is 1.74 bits per heavy atom. The van der Waals surface area contributed by atoms with E-state index in [-0.39, 0.29) is 62.9 Å². The van der Waals surface area contributed by atoms with E-state index in [1.165, 1.54) is 7.11 Å². The van der Waals surface area contributed by atoms with Gasteiger partial charge in [0.25, 0.3) is 0 Å². The van der Waals surface area contributed by atoms with Crippen LogP contribution < -0.4 is 0 Å². The van der Waals surface area contributed by atoms with E-state index in [9.17, 15) is 20.1 Å². The molecule has 0 aromatic heterocycles. The van der Waals surface area contributed by atoms with Gasteiger partial charge in [0.05, 0.1) is 35.9 Å². The Morgan fingerprint density at radius 3 is 2.23 bits per heavy atom. The van der Waals surface area contributed by atoms with Crippen molar-refractivity contribution >= 4 is 5.78 Å². The number of aliphatic hydroxyl groups excluding tert-OH is 1. The first kappa shape index (κ1) is 26.2. The predicted molar refractivity (Wildman–Crippen MR) is 109 cm³/mol. The first-order chi connectivity index (χ1) is 13.8. The molecule has 1 radical (unpaired) electrons. The molecule has 31 heavy (non-hydrogen) atoms. The molecule has 0 amide bonds. The van der Waals surface area contributed by atoms with Crippen molar-refractivity contribution < 1.29 is 78.4 Å². The molecule has 3 fully saturated rings. The summed E-state index contributed by atoms with van der Waals surface area (Å²) >= 11 is 0. The largest absolute Gasteiger partial charge is 0.389 e. The predicted octanol–water partition coefficient (Wildman–Crippen LogP) is 1.23. The Labute approximate surface area is 220 Å². The van der Waals surface area contributed by atoms with Crippen LogP contribution in [0, 0.1) is 66.7 Å². The van der Waals surface area contributed by atoms with Gasteiger partial charge in [-0.05, 0) is 30.9 Å². The van der Waals surface area contributed by atoms with E-state index in [1.54, 1.807) is 7.11 Å². The Balaban J connectivity index is 0.00000272. The summed E-state index contributed by atoms with van der Waals surface area (Å²) in [6.07, 6.45) is -2.24. The average Bonchev–Trinajstić information content (AvgIpc) is 2.67. The summed E-state index contributed by atoms with van der Waals surface area (Å²) in [6, 6.07) is 0. The molecule has 0 aromatic rings. The average molecular weight is 652 g/mol. The Hall–Kier alpha value is 0.612. The molecular weight excluding hydrogens is 615 g/mol. The van der Waals surface area contributed by atoms with Gasteiger partial charge in [0, 0.05) is 82.5 Å². The minimum Gasteiger partial charge on any atom is -0.389 e. The van der Waals surface area contributed by atoms with Gasteiger partial charge in [-0.3, -0.25) is 4.79 Å². The van der Waals surface area contributed by atoms with Crippen molar-refractivity contribution in [2.75, 3.05) is 20.8 Å². The third-order valence-corrected chi connectivity index (χ3v) is 9.34. The molecule has 1 aliphatic heterocycles. The molecule has 9 atom stereocenters. The van der Waals surface area contributed by atoms with Crippen molar-refractivity contribution in [1.82, 2.24) is 0 Å². The molecule has 3 aliphatic carbocycles.